The zero-order chi connectivity index (χ0) is 15.4. The highest BCUT2D eigenvalue weighted by molar-refractivity contribution is 9.10. The highest BCUT2D eigenvalue weighted by atomic mass is 79.9. The molecule has 2 rings (SSSR count). The van der Waals surface area contributed by atoms with E-state index in [1.165, 1.54) is 22.3 Å². The molecular weight excluding hydrogens is 326 g/mol. The summed E-state index contributed by atoms with van der Waals surface area (Å²) in [6, 6.07) is 12.9. The van der Waals surface area contributed by atoms with Gasteiger partial charge in [-0.1, -0.05) is 46.6 Å². The van der Waals surface area contributed by atoms with Crippen LogP contribution in [0.2, 0.25) is 0 Å². The third-order valence-corrected chi connectivity index (χ3v) is 4.14. The van der Waals surface area contributed by atoms with Crippen LogP contribution < -0.4 is 10.1 Å². The number of hydrogen-bond donors (Lipinski definition) is 1. The molecule has 112 valence electrons. The van der Waals surface area contributed by atoms with Crippen molar-refractivity contribution in [3.05, 3.63) is 63.1 Å². The lowest BCUT2D eigenvalue weighted by Gasteiger charge is -2.23. The van der Waals surface area contributed by atoms with Gasteiger partial charge in [-0.25, -0.2) is 0 Å². The molecule has 21 heavy (non-hydrogen) atoms. The number of methoxy groups -OCH3 is 1. The first-order chi connectivity index (χ1) is 10.1. The average Bonchev–Trinajstić information content (AvgIpc) is 2.45. The standard InChI is InChI=1S/C18H22BrNO/c1-5-20-18(15-8-7-14(19)11-13(15)3)16-10-12(2)6-9-17(16)21-4/h6-11,18,20H,5H2,1-4H3. The van der Waals surface area contributed by atoms with E-state index in [4.69, 9.17) is 4.74 Å². The summed E-state index contributed by atoms with van der Waals surface area (Å²) in [4.78, 5) is 0. The van der Waals surface area contributed by atoms with E-state index in [-0.39, 0.29) is 6.04 Å². The number of benzene rings is 2. The second kappa shape index (κ2) is 7.10. The van der Waals surface area contributed by atoms with Crippen LogP contribution in [0.3, 0.4) is 0 Å². The lowest BCUT2D eigenvalue weighted by molar-refractivity contribution is 0.404. The van der Waals surface area contributed by atoms with Crippen LogP contribution in [-0.2, 0) is 0 Å². The first kappa shape index (κ1) is 16.1. The van der Waals surface area contributed by atoms with E-state index >= 15 is 0 Å². The second-order valence-corrected chi connectivity index (χ2v) is 6.15. The third-order valence-electron chi connectivity index (χ3n) is 3.65. The zero-order valence-electron chi connectivity index (χ0n) is 13.0. The van der Waals surface area contributed by atoms with E-state index in [1.807, 2.05) is 6.07 Å². The van der Waals surface area contributed by atoms with Crippen molar-refractivity contribution in [2.75, 3.05) is 13.7 Å². The quantitative estimate of drug-likeness (QED) is 0.840. The molecule has 1 unspecified atom stereocenters. The van der Waals surface area contributed by atoms with Crippen LogP contribution in [-0.4, -0.2) is 13.7 Å². The van der Waals surface area contributed by atoms with Gasteiger partial charge in [-0.2, -0.15) is 0 Å². The summed E-state index contributed by atoms with van der Waals surface area (Å²) in [5, 5.41) is 3.58. The summed E-state index contributed by atoms with van der Waals surface area (Å²) in [6.45, 7) is 7.29. The molecule has 2 nitrogen and oxygen atoms in total. The van der Waals surface area contributed by atoms with Gasteiger partial charge < -0.3 is 10.1 Å². The molecule has 0 saturated carbocycles. The van der Waals surface area contributed by atoms with Crippen molar-refractivity contribution in [1.29, 1.82) is 0 Å². The predicted octanol–water partition coefficient (Wildman–Crippen LogP) is 4.77. The van der Waals surface area contributed by atoms with Crippen molar-refractivity contribution < 1.29 is 4.74 Å². The maximum absolute atomic E-state index is 5.56. The molecule has 3 heteroatoms. The van der Waals surface area contributed by atoms with Gasteiger partial charge in [-0.05, 0) is 49.7 Å². The van der Waals surface area contributed by atoms with Crippen LogP contribution in [0.5, 0.6) is 5.75 Å². The van der Waals surface area contributed by atoms with Gasteiger partial charge in [0, 0.05) is 10.0 Å². The number of nitrogens with one attached hydrogen (secondary N) is 1. The van der Waals surface area contributed by atoms with E-state index in [0.29, 0.717) is 0 Å². The number of ether oxygens (including phenoxy) is 1. The van der Waals surface area contributed by atoms with Crippen LogP contribution in [0.15, 0.2) is 40.9 Å². The fraction of sp³-hybridized carbons (Fsp3) is 0.333. The van der Waals surface area contributed by atoms with Gasteiger partial charge in [0.05, 0.1) is 13.2 Å². The SMILES string of the molecule is CCNC(c1ccc(Br)cc1C)c1cc(C)ccc1OC. The maximum atomic E-state index is 5.56. The molecule has 0 radical (unpaired) electrons. The molecule has 1 atom stereocenters. The molecule has 0 heterocycles. The average molecular weight is 348 g/mol. The number of rotatable bonds is 5. The highest BCUT2D eigenvalue weighted by Gasteiger charge is 2.19. The molecule has 0 aromatic heterocycles. The van der Waals surface area contributed by atoms with Crippen LogP contribution in [0.25, 0.3) is 0 Å². The van der Waals surface area contributed by atoms with E-state index in [1.54, 1.807) is 7.11 Å². The summed E-state index contributed by atoms with van der Waals surface area (Å²) < 4.78 is 6.67. The second-order valence-electron chi connectivity index (χ2n) is 5.24. The fourth-order valence-electron chi connectivity index (χ4n) is 2.63. The first-order valence-electron chi connectivity index (χ1n) is 7.20. The summed E-state index contributed by atoms with van der Waals surface area (Å²) in [5.74, 6) is 0.925. The Bertz CT molecular complexity index is 625. The van der Waals surface area contributed by atoms with E-state index in [0.717, 1.165) is 16.8 Å². The third kappa shape index (κ3) is 3.66. The molecule has 0 spiro atoms. The Morgan fingerprint density at radius 2 is 1.86 bits per heavy atom. The van der Waals surface area contributed by atoms with E-state index < -0.39 is 0 Å². The largest absolute Gasteiger partial charge is 0.496 e. The molecule has 0 aliphatic heterocycles. The molecule has 2 aromatic carbocycles. The molecular formula is C18H22BrNO. The van der Waals surface area contributed by atoms with Crippen LogP contribution in [0.4, 0.5) is 0 Å². The molecule has 0 fully saturated rings. The molecule has 0 saturated heterocycles. The molecule has 0 amide bonds. The van der Waals surface area contributed by atoms with E-state index in [9.17, 15) is 0 Å². The lowest BCUT2D eigenvalue weighted by atomic mass is 9.93. The highest BCUT2D eigenvalue weighted by Crippen LogP contribution is 2.33. The Kier molecular flexibility index (Phi) is 5.43. The van der Waals surface area contributed by atoms with Gasteiger partial charge in [0.15, 0.2) is 0 Å². The molecule has 0 aliphatic rings. The number of halogens is 1. The first-order valence-corrected chi connectivity index (χ1v) is 8.00. The minimum Gasteiger partial charge on any atom is -0.496 e. The Balaban J connectivity index is 2.55. The molecule has 0 aliphatic carbocycles. The monoisotopic (exact) mass is 347 g/mol. The van der Waals surface area contributed by atoms with Crippen molar-refractivity contribution in [2.45, 2.75) is 26.8 Å². The minimum atomic E-state index is 0.137. The summed E-state index contributed by atoms with van der Waals surface area (Å²) in [5.41, 5.74) is 4.97. The predicted molar refractivity (Wildman–Crippen MR) is 92.1 cm³/mol. The molecule has 0 bridgehead atoms. The number of aryl methyl sites for hydroxylation is 2. The molecule has 2 aromatic rings. The summed E-state index contributed by atoms with van der Waals surface area (Å²) >= 11 is 3.54. The van der Waals surface area contributed by atoms with Gasteiger partial charge in [-0.3, -0.25) is 0 Å². The fourth-order valence-corrected chi connectivity index (χ4v) is 3.11. The lowest BCUT2D eigenvalue weighted by Crippen LogP contribution is -2.23. The van der Waals surface area contributed by atoms with Crippen molar-refractivity contribution in [3.63, 3.8) is 0 Å². The van der Waals surface area contributed by atoms with Gasteiger partial charge in [-0.15, -0.1) is 0 Å². The van der Waals surface area contributed by atoms with Crippen molar-refractivity contribution in [2.24, 2.45) is 0 Å². The summed E-state index contributed by atoms with van der Waals surface area (Å²) in [7, 11) is 1.73. The van der Waals surface area contributed by atoms with Crippen LogP contribution >= 0.6 is 15.9 Å². The smallest absolute Gasteiger partial charge is 0.123 e. The Labute approximate surface area is 135 Å². The van der Waals surface area contributed by atoms with Crippen molar-refractivity contribution in [3.8, 4) is 5.75 Å². The molecule has 1 N–H and O–H groups in total. The van der Waals surface area contributed by atoms with Gasteiger partial charge >= 0.3 is 0 Å². The van der Waals surface area contributed by atoms with Crippen LogP contribution in [0.1, 0.15) is 35.2 Å². The number of hydrogen-bond acceptors (Lipinski definition) is 2. The van der Waals surface area contributed by atoms with Gasteiger partial charge in [0.25, 0.3) is 0 Å². The van der Waals surface area contributed by atoms with E-state index in [2.05, 4.69) is 72.3 Å². The normalized spacial score (nSPS) is 12.2. The van der Waals surface area contributed by atoms with Crippen molar-refractivity contribution >= 4 is 15.9 Å². The van der Waals surface area contributed by atoms with Gasteiger partial charge in [0.2, 0.25) is 0 Å². The Hall–Kier alpha value is -1.32. The minimum absolute atomic E-state index is 0.137. The topological polar surface area (TPSA) is 21.3 Å². The summed E-state index contributed by atoms with van der Waals surface area (Å²) in [6.07, 6.45) is 0. The zero-order valence-corrected chi connectivity index (χ0v) is 14.6. The maximum Gasteiger partial charge on any atom is 0.123 e. The Morgan fingerprint density at radius 3 is 2.48 bits per heavy atom. The van der Waals surface area contributed by atoms with Crippen LogP contribution in [0, 0.1) is 13.8 Å². The Morgan fingerprint density at radius 1 is 1.10 bits per heavy atom. The van der Waals surface area contributed by atoms with Gasteiger partial charge in [0.1, 0.15) is 5.75 Å². The van der Waals surface area contributed by atoms with Crippen molar-refractivity contribution in [1.82, 2.24) is 5.32 Å².